The Labute approximate surface area is 125 Å². The van der Waals surface area contributed by atoms with Gasteiger partial charge < -0.3 is 9.40 Å². The van der Waals surface area contributed by atoms with Gasteiger partial charge in [0.2, 0.25) is 0 Å². The molecule has 0 radical (unpaired) electrons. The summed E-state index contributed by atoms with van der Waals surface area (Å²) in [6.07, 6.45) is 3.19. The molecule has 4 aromatic rings. The summed E-state index contributed by atoms with van der Waals surface area (Å²) in [5.41, 5.74) is 2.83. The van der Waals surface area contributed by atoms with Gasteiger partial charge in [-0.2, -0.15) is 4.98 Å². The first-order chi connectivity index (χ1) is 10.7. The van der Waals surface area contributed by atoms with Crippen molar-refractivity contribution in [3.63, 3.8) is 0 Å². The van der Waals surface area contributed by atoms with Gasteiger partial charge in [0.15, 0.2) is 11.2 Å². The smallest absolute Gasteiger partial charge is 0.280 e. The van der Waals surface area contributed by atoms with Gasteiger partial charge in [-0.15, -0.1) is 5.10 Å². The highest BCUT2D eigenvalue weighted by atomic mass is 16.7. The molecule has 8 heteroatoms. The molecule has 0 spiro atoms. The van der Waals surface area contributed by atoms with Crippen molar-refractivity contribution in [2.45, 2.75) is 19.9 Å². The summed E-state index contributed by atoms with van der Waals surface area (Å²) >= 11 is 0. The number of rotatable bonds is 3. The van der Waals surface area contributed by atoms with Gasteiger partial charge in [0.25, 0.3) is 5.88 Å². The summed E-state index contributed by atoms with van der Waals surface area (Å²) in [4.78, 5) is 19.9. The molecule has 0 atom stereocenters. The van der Waals surface area contributed by atoms with Gasteiger partial charge in [0, 0.05) is 6.04 Å². The Balaban J connectivity index is 1.82. The molecule has 4 rings (SSSR count). The summed E-state index contributed by atoms with van der Waals surface area (Å²) < 4.78 is 1.96. The van der Waals surface area contributed by atoms with Crippen LogP contribution in [0.4, 0.5) is 0 Å². The van der Waals surface area contributed by atoms with E-state index in [1.807, 2.05) is 28.8 Å². The lowest BCUT2D eigenvalue weighted by atomic mass is 10.3. The Bertz CT molecular complexity index is 956. The average Bonchev–Trinajstić information content (AvgIpc) is 3.12. The molecule has 0 bridgehead atoms. The van der Waals surface area contributed by atoms with Crippen molar-refractivity contribution < 1.29 is 4.84 Å². The van der Waals surface area contributed by atoms with E-state index in [1.165, 1.54) is 11.2 Å². The van der Waals surface area contributed by atoms with Gasteiger partial charge in [0.1, 0.15) is 17.4 Å². The van der Waals surface area contributed by atoms with Gasteiger partial charge in [-0.05, 0) is 31.2 Å². The highest BCUT2D eigenvalue weighted by molar-refractivity contribution is 5.77. The van der Waals surface area contributed by atoms with Crippen molar-refractivity contribution in [2.24, 2.45) is 0 Å². The van der Waals surface area contributed by atoms with E-state index in [0.717, 1.165) is 16.7 Å². The lowest BCUT2D eigenvalue weighted by Crippen LogP contribution is -2.09. The van der Waals surface area contributed by atoms with E-state index in [9.17, 15) is 0 Å². The molecule has 0 aliphatic heterocycles. The first-order valence-electron chi connectivity index (χ1n) is 6.90. The molecular formula is C14H13N7O. The van der Waals surface area contributed by atoms with Crippen LogP contribution in [0.2, 0.25) is 0 Å². The van der Waals surface area contributed by atoms with Crippen molar-refractivity contribution in [3.8, 4) is 5.88 Å². The van der Waals surface area contributed by atoms with Gasteiger partial charge >= 0.3 is 0 Å². The zero-order valence-electron chi connectivity index (χ0n) is 12.1. The second-order valence-corrected chi connectivity index (χ2v) is 5.14. The van der Waals surface area contributed by atoms with Crippen LogP contribution >= 0.6 is 0 Å². The summed E-state index contributed by atoms with van der Waals surface area (Å²) in [6.45, 7) is 4.13. The molecule has 0 saturated heterocycles. The molecule has 0 amide bonds. The predicted octanol–water partition coefficient (Wildman–Crippen LogP) is 1.99. The molecule has 0 N–H and O–H groups in total. The lowest BCUT2D eigenvalue weighted by molar-refractivity contribution is 0.178. The van der Waals surface area contributed by atoms with Crippen LogP contribution in [0.15, 0.2) is 36.9 Å². The van der Waals surface area contributed by atoms with E-state index >= 15 is 0 Å². The van der Waals surface area contributed by atoms with Crippen LogP contribution in [-0.2, 0) is 0 Å². The Morgan fingerprint density at radius 2 is 1.95 bits per heavy atom. The number of hydrogen-bond acceptors (Lipinski definition) is 6. The Morgan fingerprint density at radius 3 is 2.82 bits per heavy atom. The van der Waals surface area contributed by atoms with Crippen LogP contribution in [-0.4, -0.2) is 34.7 Å². The second-order valence-electron chi connectivity index (χ2n) is 5.14. The molecule has 1 aromatic carbocycles. The third kappa shape index (κ3) is 1.88. The maximum atomic E-state index is 5.75. The third-order valence-electron chi connectivity index (χ3n) is 3.38. The van der Waals surface area contributed by atoms with Crippen molar-refractivity contribution in [1.82, 2.24) is 34.7 Å². The number of aromatic nitrogens is 7. The number of nitrogens with zero attached hydrogens (tertiary/aromatic N) is 7. The minimum atomic E-state index is 0.250. The number of para-hydroxylation sites is 1. The minimum absolute atomic E-state index is 0.250. The maximum absolute atomic E-state index is 5.75. The van der Waals surface area contributed by atoms with Crippen molar-refractivity contribution in [1.29, 1.82) is 0 Å². The van der Waals surface area contributed by atoms with Crippen LogP contribution in [0, 0.1) is 0 Å². The lowest BCUT2D eigenvalue weighted by Gasteiger charge is -2.07. The van der Waals surface area contributed by atoms with E-state index < -0.39 is 0 Å². The number of hydrogen-bond donors (Lipinski definition) is 0. The Kier molecular flexibility index (Phi) is 2.75. The summed E-state index contributed by atoms with van der Waals surface area (Å²) in [5, 5.41) is 8.04. The average molecular weight is 295 g/mol. The molecule has 110 valence electrons. The fourth-order valence-electron chi connectivity index (χ4n) is 2.27. The van der Waals surface area contributed by atoms with Crippen LogP contribution < -0.4 is 4.84 Å². The quantitative estimate of drug-likeness (QED) is 0.575. The summed E-state index contributed by atoms with van der Waals surface area (Å²) in [5.74, 6) is 0.347. The highest BCUT2D eigenvalue weighted by Crippen LogP contribution is 2.23. The van der Waals surface area contributed by atoms with Crippen molar-refractivity contribution in [3.05, 3.63) is 36.9 Å². The SMILES string of the molecule is CC(C)n1cnc2c(On3nnc4ccccc43)ncnc21. The summed E-state index contributed by atoms with van der Waals surface area (Å²) in [7, 11) is 0. The molecule has 8 nitrogen and oxygen atoms in total. The van der Waals surface area contributed by atoms with E-state index in [0.29, 0.717) is 11.4 Å². The first-order valence-corrected chi connectivity index (χ1v) is 6.90. The van der Waals surface area contributed by atoms with Crippen LogP contribution in [0.25, 0.3) is 22.2 Å². The van der Waals surface area contributed by atoms with Crippen LogP contribution in [0.5, 0.6) is 5.88 Å². The second kappa shape index (κ2) is 4.76. The largest absolute Gasteiger partial charge is 0.333 e. The fourth-order valence-corrected chi connectivity index (χ4v) is 2.27. The number of benzene rings is 1. The van der Waals surface area contributed by atoms with Crippen molar-refractivity contribution in [2.75, 3.05) is 0 Å². The van der Waals surface area contributed by atoms with Gasteiger partial charge in [-0.3, -0.25) is 0 Å². The minimum Gasteiger partial charge on any atom is -0.333 e. The predicted molar refractivity (Wildman–Crippen MR) is 79.3 cm³/mol. The molecule has 3 heterocycles. The topological polar surface area (TPSA) is 83.5 Å². The molecular weight excluding hydrogens is 282 g/mol. The molecule has 0 saturated carbocycles. The molecule has 3 aromatic heterocycles. The van der Waals surface area contributed by atoms with E-state index in [2.05, 4.69) is 39.1 Å². The number of imidazole rings is 1. The maximum Gasteiger partial charge on any atom is 0.280 e. The first kappa shape index (κ1) is 12.7. The zero-order chi connectivity index (χ0) is 15.1. The molecule has 0 fully saturated rings. The normalized spacial score (nSPS) is 11.6. The van der Waals surface area contributed by atoms with Crippen LogP contribution in [0.1, 0.15) is 19.9 Å². The van der Waals surface area contributed by atoms with Gasteiger partial charge in [0.05, 0.1) is 6.33 Å². The Morgan fingerprint density at radius 1 is 1.09 bits per heavy atom. The zero-order valence-corrected chi connectivity index (χ0v) is 12.1. The van der Waals surface area contributed by atoms with Gasteiger partial charge in [-0.25, -0.2) is 9.97 Å². The van der Waals surface area contributed by atoms with Gasteiger partial charge in [-0.1, -0.05) is 17.0 Å². The molecule has 0 aliphatic rings. The van der Waals surface area contributed by atoms with E-state index in [4.69, 9.17) is 4.84 Å². The van der Waals surface area contributed by atoms with Crippen LogP contribution in [0.3, 0.4) is 0 Å². The highest BCUT2D eigenvalue weighted by Gasteiger charge is 2.15. The van der Waals surface area contributed by atoms with Crippen molar-refractivity contribution >= 4 is 22.2 Å². The standard InChI is InChI=1S/C14H13N7O/c1-9(2)20-8-17-12-13(20)15-7-16-14(12)22-21-11-6-4-3-5-10(11)18-19-21/h3-9H,1-2H3. The molecule has 22 heavy (non-hydrogen) atoms. The molecule has 0 aliphatic carbocycles. The van der Waals surface area contributed by atoms with E-state index in [-0.39, 0.29) is 6.04 Å². The summed E-state index contributed by atoms with van der Waals surface area (Å²) in [6, 6.07) is 7.79. The Hall–Kier alpha value is -3.03. The van der Waals surface area contributed by atoms with E-state index in [1.54, 1.807) is 6.33 Å². The monoisotopic (exact) mass is 295 g/mol. The fraction of sp³-hybridized carbons (Fsp3) is 0.214. The third-order valence-corrected chi connectivity index (χ3v) is 3.38. The molecule has 0 unspecified atom stereocenters. The number of fused-ring (bicyclic) bond motifs is 2.